The third-order valence-electron chi connectivity index (χ3n) is 6.09. The molecule has 0 saturated heterocycles. The molecule has 0 aliphatic carbocycles. The van der Waals surface area contributed by atoms with Crippen molar-refractivity contribution >= 4 is 21.8 Å². The highest BCUT2D eigenvalue weighted by Crippen LogP contribution is 2.34. The molecule has 1 aromatic heterocycles. The molecule has 1 heterocycles. The van der Waals surface area contributed by atoms with Gasteiger partial charge in [-0.15, -0.1) is 0 Å². The summed E-state index contributed by atoms with van der Waals surface area (Å²) in [6.45, 7) is 6.94. The van der Waals surface area contributed by atoms with Gasteiger partial charge >= 0.3 is 0 Å². The van der Waals surface area contributed by atoms with E-state index in [2.05, 4.69) is 36.3 Å². The van der Waals surface area contributed by atoms with Crippen LogP contribution >= 0.6 is 0 Å². The first-order valence-corrected chi connectivity index (χ1v) is 11.9. The first-order valence-electron chi connectivity index (χ1n) is 13.4. The molecule has 3 N–H and O–H groups in total. The zero-order chi connectivity index (χ0) is 27.7. The lowest BCUT2D eigenvalue weighted by atomic mass is 10.1. The third kappa shape index (κ3) is 5.72. The minimum atomic E-state index is -2.44. The van der Waals surface area contributed by atoms with Gasteiger partial charge in [0, 0.05) is 29.7 Å². The number of hydrogen-bond donors (Lipinski definition) is 3. The number of nitrogens with one attached hydrogen (secondary N) is 2. The summed E-state index contributed by atoms with van der Waals surface area (Å²) in [5, 5.41) is 15.7. The van der Waals surface area contributed by atoms with Gasteiger partial charge in [0.05, 0.1) is 14.9 Å². The Labute approximate surface area is 211 Å². The summed E-state index contributed by atoms with van der Waals surface area (Å²) in [7, 11) is 0. The van der Waals surface area contributed by atoms with Crippen LogP contribution in [0.4, 0.5) is 0 Å². The summed E-state index contributed by atoms with van der Waals surface area (Å²) in [5.74, 6) is 1.24. The van der Waals surface area contributed by atoms with Crippen molar-refractivity contribution in [2.45, 2.75) is 52.8 Å². The molecule has 0 spiro atoms. The Kier molecular flexibility index (Phi) is 6.64. The second kappa shape index (κ2) is 11.0. The summed E-state index contributed by atoms with van der Waals surface area (Å²) < 4.78 is 42.8. The minimum absolute atomic E-state index is 0.0437. The molecule has 0 bridgehead atoms. The second-order valence-corrected chi connectivity index (χ2v) is 8.81. The fourth-order valence-corrected chi connectivity index (χ4v) is 4.03. The first kappa shape index (κ1) is 21.1. The fraction of sp³-hybridized carbons (Fsp3) is 0.379. The van der Waals surface area contributed by atoms with Crippen molar-refractivity contribution in [2.24, 2.45) is 0 Å². The second-order valence-electron chi connectivity index (χ2n) is 8.81. The van der Waals surface area contributed by atoms with Crippen molar-refractivity contribution in [3.05, 3.63) is 65.7 Å². The number of hydrogen-bond acceptors (Lipinski definition) is 5. The van der Waals surface area contributed by atoms with Crippen LogP contribution in [0.3, 0.4) is 0 Å². The van der Waals surface area contributed by atoms with Crippen molar-refractivity contribution in [3.8, 4) is 17.2 Å². The van der Waals surface area contributed by atoms with Crippen LogP contribution in [0.25, 0.3) is 21.8 Å². The Bertz CT molecular complexity index is 1420. The molecule has 4 aromatic rings. The molecule has 186 valence electrons. The number of benzene rings is 3. The Morgan fingerprint density at radius 1 is 0.943 bits per heavy atom. The lowest BCUT2D eigenvalue weighted by Gasteiger charge is -2.25. The van der Waals surface area contributed by atoms with Crippen LogP contribution in [0.15, 0.2) is 54.6 Å². The summed E-state index contributed by atoms with van der Waals surface area (Å²) >= 11 is 0. The van der Waals surface area contributed by atoms with Gasteiger partial charge in [-0.25, -0.2) is 0 Å². The number of ether oxygens (including phenoxy) is 3. The maximum absolute atomic E-state index is 10.9. The largest absolute Gasteiger partial charge is 0.490 e. The SMILES string of the molecule is [2H]C(C)(NC(C)C(O)COc1cccc2[nH]c3cc(C)c(C)cc3c12)C([2H])([2H])Oc1ccccc1OCC. The third-order valence-corrected chi connectivity index (χ3v) is 6.09. The van der Waals surface area contributed by atoms with Gasteiger partial charge in [0.15, 0.2) is 11.5 Å². The normalized spacial score (nSPS) is 16.7. The molecule has 0 saturated carbocycles. The number of fused-ring (bicyclic) bond motifs is 3. The number of aliphatic hydroxyl groups excluding tert-OH is 1. The Hall–Kier alpha value is -3.22. The molecule has 0 amide bonds. The van der Waals surface area contributed by atoms with Crippen molar-refractivity contribution < 1.29 is 23.4 Å². The van der Waals surface area contributed by atoms with E-state index < -0.39 is 24.7 Å². The van der Waals surface area contributed by atoms with Crippen LogP contribution in [-0.4, -0.2) is 48.0 Å². The molecular weight excluding hydrogens is 440 g/mol. The molecule has 0 aliphatic rings. The quantitative estimate of drug-likeness (QED) is 0.264. The van der Waals surface area contributed by atoms with E-state index in [1.165, 1.54) is 18.1 Å². The van der Waals surface area contributed by atoms with Crippen LogP contribution in [-0.2, 0) is 0 Å². The standard InChI is InChI=1S/C29H36N2O4/c1-6-33-26-11-7-8-12-27(26)34-16-20(4)30-21(5)25(32)17-35-28-13-9-10-23-29(28)22-14-18(2)19(3)15-24(22)31-23/h7-15,20-21,25,30-32H,6,16-17H2,1-5H3/i16D2,20D. The van der Waals surface area contributed by atoms with Crippen LogP contribution in [0, 0.1) is 13.8 Å². The average molecular weight is 480 g/mol. The van der Waals surface area contributed by atoms with E-state index in [0.717, 1.165) is 21.8 Å². The lowest BCUT2D eigenvalue weighted by Crippen LogP contribution is -2.46. The zero-order valence-electron chi connectivity index (χ0n) is 23.9. The number of rotatable bonds is 11. The highest BCUT2D eigenvalue weighted by Gasteiger charge is 2.19. The van der Waals surface area contributed by atoms with Crippen LogP contribution in [0.1, 0.15) is 36.0 Å². The summed E-state index contributed by atoms with van der Waals surface area (Å²) in [5.41, 5.74) is 4.35. The van der Waals surface area contributed by atoms with Gasteiger partial charge < -0.3 is 29.6 Å². The molecule has 3 unspecified atom stereocenters. The summed E-state index contributed by atoms with van der Waals surface area (Å²) in [4.78, 5) is 3.43. The Morgan fingerprint density at radius 2 is 1.63 bits per heavy atom. The topological polar surface area (TPSA) is 75.7 Å². The van der Waals surface area contributed by atoms with Gasteiger partial charge in [-0.3, -0.25) is 0 Å². The van der Waals surface area contributed by atoms with Crippen molar-refractivity contribution in [1.82, 2.24) is 10.3 Å². The number of aromatic nitrogens is 1. The van der Waals surface area contributed by atoms with Gasteiger partial charge in [0.25, 0.3) is 0 Å². The van der Waals surface area contributed by atoms with Crippen molar-refractivity contribution in [3.63, 3.8) is 0 Å². The minimum Gasteiger partial charge on any atom is -0.490 e. The molecular formula is C29H36N2O4. The highest BCUT2D eigenvalue weighted by molar-refractivity contribution is 6.10. The maximum Gasteiger partial charge on any atom is 0.161 e. The van der Waals surface area contributed by atoms with E-state index in [4.69, 9.17) is 18.3 Å². The van der Waals surface area contributed by atoms with E-state index in [9.17, 15) is 5.11 Å². The molecule has 0 aliphatic heterocycles. The Balaban J connectivity index is 1.46. The number of aryl methyl sites for hydroxylation is 2. The van der Waals surface area contributed by atoms with Crippen LogP contribution < -0.4 is 19.5 Å². The molecule has 3 aromatic carbocycles. The van der Waals surface area contributed by atoms with Gasteiger partial charge in [0.2, 0.25) is 0 Å². The van der Waals surface area contributed by atoms with Gasteiger partial charge in [-0.2, -0.15) is 0 Å². The van der Waals surface area contributed by atoms with E-state index in [1.54, 1.807) is 31.2 Å². The molecule has 0 fully saturated rings. The zero-order valence-corrected chi connectivity index (χ0v) is 20.9. The molecule has 6 nitrogen and oxygen atoms in total. The molecule has 6 heteroatoms. The Morgan fingerprint density at radius 3 is 2.37 bits per heavy atom. The molecule has 3 atom stereocenters. The fourth-order valence-electron chi connectivity index (χ4n) is 4.03. The van der Waals surface area contributed by atoms with E-state index >= 15 is 0 Å². The molecule has 35 heavy (non-hydrogen) atoms. The lowest BCUT2D eigenvalue weighted by molar-refractivity contribution is 0.0729. The van der Waals surface area contributed by atoms with Crippen molar-refractivity contribution in [1.29, 1.82) is 0 Å². The predicted octanol–water partition coefficient (Wildman–Crippen LogP) is 5.52. The predicted molar refractivity (Wildman–Crippen MR) is 142 cm³/mol. The highest BCUT2D eigenvalue weighted by atomic mass is 16.5. The van der Waals surface area contributed by atoms with Gasteiger partial charge in [-0.05, 0) is 82.1 Å². The first-order chi connectivity index (χ1) is 17.9. The van der Waals surface area contributed by atoms with E-state index in [1.807, 2.05) is 25.1 Å². The summed E-state index contributed by atoms with van der Waals surface area (Å²) in [6.07, 6.45) is -1.02. The van der Waals surface area contributed by atoms with E-state index in [-0.39, 0.29) is 12.4 Å². The van der Waals surface area contributed by atoms with E-state index in [0.29, 0.717) is 18.1 Å². The maximum atomic E-state index is 10.9. The monoisotopic (exact) mass is 479 g/mol. The van der Waals surface area contributed by atoms with Crippen molar-refractivity contribution in [2.75, 3.05) is 19.8 Å². The van der Waals surface area contributed by atoms with Gasteiger partial charge in [0.1, 0.15) is 25.0 Å². The number of aromatic amines is 1. The number of H-pyrrole nitrogens is 1. The van der Waals surface area contributed by atoms with Gasteiger partial charge in [-0.1, -0.05) is 18.2 Å². The summed E-state index contributed by atoms with van der Waals surface area (Å²) in [6, 6.07) is 14.2. The number of para-hydroxylation sites is 2. The number of aliphatic hydroxyl groups is 1. The smallest absolute Gasteiger partial charge is 0.161 e. The van der Waals surface area contributed by atoms with Crippen LogP contribution in [0.5, 0.6) is 17.2 Å². The van der Waals surface area contributed by atoms with Crippen LogP contribution in [0.2, 0.25) is 0 Å². The average Bonchev–Trinajstić information content (AvgIpc) is 3.21. The molecule has 4 rings (SSSR count). The molecule has 0 radical (unpaired) electrons.